The summed E-state index contributed by atoms with van der Waals surface area (Å²) < 4.78 is 4.82. The Labute approximate surface area is 57.1 Å². The second-order valence-corrected chi connectivity index (χ2v) is 1.91. The van der Waals surface area contributed by atoms with Crippen molar-refractivity contribution in [3.63, 3.8) is 0 Å². The highest BCUT2D eigenvalue weighted by molar-refractivity contribution is 4.79. The lowest BCUT2D eigenvalue weighted by Gasteiger charge is -2.08. The van der Waals surface area contributed by atoms with Crippen molar-refractivity contribution in [1.29, 1.82) is 0 Å². The largest absolute Gasteiger partial charge is 0.381 e. The number of hydrogen-bond donors (Lipinski definition) is 0. The van der Waals surface area contributed by atoms with Crippen molar-refractivity contribution in [1.82, 2.24) is 4.90 Å². The van der Waals surface area contributed by atoms with Crippen molar-refractivity contribution in [3.05, 3.63) is 12.3 Å². The zero-order valence-corrected chi connectivity index (χ0v) is 6.42. The molecular formula is C7H15NO. The molecule has 0 saturated heterocycles. The van der Waals surface area contributed by atoms with Crippen LogP contribution in [0.1, 0.15) is 6.92 Å². The van der Waals surface area contributed by atoms with E-state index in [-0.39, 0.29) is 0 Å². The van der Waals surface area contributed by atoms with Crippen molar-refractivity contribution in [2.75, 3.05) is 27.3 Å². The number of methoxy groups -OCH3 is 1. The fourth-order valence-electron chi connectivity index (χ4n) is 0.425. The molecule has 0 amide bonds. The van der Waals surface area contributed by atoms with E-state index in [0.717, 1.165) is 6.54 Å². The summed E-state index contributed by atoms with van der Waals surface area (Å²) >= 11 is 0. The summed E-state index contributed by atoms with van der Waals surface area (Å²) in [7, 11) is 3.72. The highest BCUT2D eigenvalue weighted by Gasteiger charge is 1.79. The SMILES string of the molecule is CCN(C)/C=C/COC. The van der Waals surface area contributed by atoms with Crippen LogP contribution in [0.4, 0.5) is 0 Å². The fourth-order valence-corrected chi connectivity index (χ4v) is 0.425. The molecule has 0 aromatic rings. The number of rotatable bonds is 4. The Morgan fingerprint density at radius 3 is 2.67 bits per heavy atom. The maximum Gasteiger partial charge on any atom is 0.0660 e. The molecule has 2 nitrogen and oxygen atoms in total. The minimum absolute atomic E-state index is 0.699. The molecule has 0 heterocycles. The summed E-state index contributed by atoms with van der Waals surface area (Å²) in [6, 6.07) is 0. The van der Waals surface area contributed by atoms with Gasteiger partial charge in [-0.2, -0.15) is 0 Å². The first-order valence-corrected chi connectivity index (χ1v) is 3.17. The van der Waals surface area contributed by atoms with E-state index >= 15 is 0 Å². The van der Waals surface area contributed by atoms with Crippen LogP contribution in [0, 0.1) is 0 Å². The Kier molecular flexibility index (Phi) is 5.32. The Hall–Kier alpha value is -0.500. The van der Waals surface area contributed by atoms with Crippen LogP contribution < -0.4 is 0 Å². The van der Waals surface area contributed by atoms with E-state index < -0.39 is 0 Å². The molecule has 0 aliphatic heterocycles. The number of hydrogen-bond acceptors (Lipinski definition) is 2. The van der Waals surface area contributed by atoms with E-state index in [1.54, 1.807) is 7.11 Å². The van der Waals surface area contributed by atoms with Gasteiger partial charge < -0.3 is 9.64 Å². The van der Waals surface area contributed by atoms with Gasteiger partial charge in [-0.1, -0.05) is 0 Å². The van der Waals surface area contributed by atoms with Gasteiger partial charge in [-0.3, -0.25) is 0 Å². The van der Waals surface area contributed by atoms with E-state index in [1.165, 1.54) is 0 Å². The van der Waals surface area contributed by atoms with E-state index in [0.29, 0.717) is 6.61 Å². The van der Waals surface area contributed by atoms with Gasteiger partial charge in [-0.25, -0.2) is 0 Å². The lowest BCUT2D eigenvalue weighted by Crippen LogP contribution is -2.08. The van der Waals surface area contributed by atoms with Gasteiger partial charge in [0.2, 0.25) is 0 Å². The van der Waals surface area contributed by atoms with Crippen molar-refractivity contribution >= 4 is 0 Å². The van der Waals surface area contributed by atoms with E-state index in [9.17, 15) is 0 Å². The van der Waals surface area contributed by atoms with Crippen molar-refractivity contribution in [2.45, 2.75) is 6.92 Å². The molecule has 0 rings (SSSR count). The summed E-state index contributed by atoms with van der Waals surface area (Å²) in [5.41, 5.74) is 0. The van der Waals surface area contributed by atoms with E-state index in [2.05, 4.69) is 11.8 Å². The highest BCUT2D eigenvalue weighted by atomic mass is 16.5. The quantitative estimate of drug-likeness (QED) is 0.563. The summed E-state index contributed by atoms with van der Waals surface area (Å²) in [5.74, 6) is 0. The summed E-state index contributed by atoms with van der Waals surface area (Å²) in [6.45, 7) is 3.85. The van der Waals surface area contributed by atoms with Crippen LogP contribution in [0.25, 0.3) is 0 Å². The maximum absolute atomic E-state index is 4.82. The predicted molar refractivity (Wildman–Crippen MR) is 39.3 cm³/mol. The van der Waals surface area contributed by atoms with Crippen LogP contribution in [0.2, 0.25) is 0 Å². The van der Waals surface area contributed by atoms with Crippen molar-refractivity contribution < 1.29 is 4.74 Å². The lowest BCUT2D eigenvalue weighted by molar-refractivity contribution is 0.232. The first-order valence-electron chi connectivity index (χ1n) is 3.17. The van der Waals surface area contributed by atoms with Crippen molar-refractivity contribution in [3.8, 4) is 0 Å². The minimum Gasteiger partial charge on any atom is -0.381 e. The second-order valence-electron chi connectivity index (χ2n) is 1.91. The number of nitrogens with zero attached hydrogens (tertiary/aromatic N) is 1. The molecule has 0 aliphatic carbocycles. The van der Waals surface area contributed by atoms with Crippen LogP contribution in [0.15, 0.2) is 12.3 Å². The normalized spacial score (nSPS) is 10.6. The zero-order valence-electron chi connectivity index (χ0n) is 6.42. The van der Waals surface area contributed by atoms with Gasteiger partial charge in [0, 0.05) is 20.7 Å². The average molecular weight is 129 g/mol. The van der Waals surface area contributed by atoms with Crippen LogP contribution in [-0.4, -0.2) is 32.2 Å². The third-order valence-corrected chi connectivity index (χ3v) is 1.12. The number of ether oxygens (including phenoxy) is 1. The molecule has 0 bridgehead atoms. The van der Waals surface area contributed by atoms with Crippen LogP contribution >= 0.6 is 0 Å². The van der Waals surface area contributed by atoms with Gasteiger partial charge in [-0.05, 0) is 19.2 Å². The van der Waals surface area contributed by atoms with Crippen LogP contribution in [-0.2, 0) is 4.74 Å². The third-order valence-electron chi connectivity index (χ3n) is 1.12. The van der Waals surface area contributed by atoms with Gasteiger partial charge in [0.25, 0.3) is 0 Å². The third kappa shape index (κ3) is 5.37. The summed E-state index contributed by atoms with van der Waals surface area (Å²) in [6.07, 6.45) is 4.01. The Balaban J connectivity index is 3.20. The van der Waals surface area contributed by atoms with Crippen LogP contribution in [0.5, 0.6) is 0 Å². The average Bonchev–Trinajstić information content (AvgIpc) is 1.89. The molecule has 0 radical (unpaired) electrons. The van der Waals surface area contributed by atoms with Gasteiger partial charge in [0.1, 0.15) is 0 Å². The first-order chi connectivity index (χ1) is 4.31. The minimum atomic E-state index is 0.699. The van der Waals surface area contributed by atoms with Gasteiger partial charge >= 0.3 is 0 Å². The Morgan fingerprint density at radius 2 is 2.22 bits per heavy atom. The molecule has 9 heavy (non-hydrogen) atoms. The van der Waals surface area contributed by atoms with E-state index in [1.807, 2.05) is 19.3 Å². The fraction of sp³-hybridized carbons (Fsp3) is 0.714. The van der Waals surface area contributed by atoms with Crippen LogP contribution in [0.3, 0.4) is 0 Å². The Morgan fingerprint density at radius 1 is 1.56 bits per heavy atom. The second kappa shape index (κ2) is 5.63. The smallest absolute Gasteiger partial charge is 0.0660 e. The molecule has 0 saturated carbocycles. The molecule has 0 spiro atoms. The molecule has 0 aromatic carbocycles. The zero-order chi connectivity index (χ0) is 7.11. The monoisotopic (exact) mass is 129 g/mol. The highest BCUT2D eigenvalue weighted by Crippen LogP contribution is 1.81. The first kappa shape index (κ1) is 8.50. The standard InChI is InChI=1S/C7H15NO/c1-4-8(2)6-5-7-9-3/h5-6H,4,7H2,1-3H3/b6-5+. The molecule has 0 N–H and O–H groups in total. The maximum atomic E-state index is 4.82. The molecule has 0 atom stereocenters. The molecule has 0 aromatic heterocycles. The van der Waals surface area contributed by atoms with E-state index in [4.69, 9.17) is 4.74 Å². The van der Waals surface area contributed by atoms with Gasteiger partial charge in [0.15, 0.2) is 0 Å². The summed E-state index contributed by atoms with van der Waals surface area (Å²) in [4.78, 5) is 2.10. The van der Waals surface area contributed by atoms with Gasteiger partial charge in [0.05, 0.1) is 6.61 Å². The Bertz CT molecular complexity index is 81.0. The molecule has 0 fully saturated rings. The molecule has 2 heteroatoms. The molecule has 54 valence electrons. The lowest BCUT2D eigenvalue weighted by atomic mass is 10.6. The van der Waals surface area contributed by atoms with Gasteiger partial charge in [-0.15, -0.1) is 0 Å². The molecule has 0 aliphatic rings. The summed E-state index contributed by atoms with van der Waals surface area (Å²) in [5, 5.41) is 0. The van der Waals surface area contributed by atoms with Crippen molar-refractivity contribution in [2.24, 2.45) is 0 Å². The molecule has 0 unspecified atom stereocenters. The predicted octanol–water partition coefficient (Wildman–Crippen LogP) is 1.10. The molecular weight excluding hydrogens is 114 g/mol. The topological polar surface area (TPSA) is 12.5 Å².